The van der Waals surface area contributed by atoms with Crippen LogP contribution in [0.1, 0.15) is 38.7 Å². The van der Waals surface area contributed by atoms with E-state index in [1.165, 1.54) is 0 Å². The maximum absolute atomic E-state index is 8.94. The number of rotatable bonds is 8. The first-order valence-electron chi connectivity index (χ1n) is 6.93. The van der Waals surface area contributed by atoms with Crippen molar-refractivity contribution in [1.29, 1.82) is 5.26 Å². The molecular weight excluding hydrogens is 252 g/mol. The Morgan fingerprint density at radius 3 is 2.60 bits per heavy atom. The highest BCUT2D eigenvalue weighted by Gasteiger charge is 2.15. The zero-order chi connectivity index (χ0) is 15.0. The number of benzene rings is 1. The van der Waals surface area contributed by atoms with Gasteiger partial charge in [0.25, 0.3) is 0 Å². The maximum Gasteiger partial charge on any atom is 0.161 e. The number of nitriles is 1. The van der Waals surface area contributed by atoms with Crippen molar-refractivity contribution in [3.8, 4) is 17.6 Å². The van der Waals surface area contributed by atoms with E-state index in [1.54, 1.807) is 7.11 Å². The van der Waals surface area contributed by atoms with Crippen LogP contribution in [0.15, 0.2) is 18.2 Å². The fourth-order valence-electron chi connectivity index (χ4n) is 1.87. The normalized spacial score (nSPS) is 10.9. The fourth-order valence-corrected chi connectivity index (χ4v) is 1.87. The standard InChI is InChI=1S/C16H24N2O2/c1-16(2,12-18)8-4-5-9-20-14-7-6-13(11-17)10-15(14)19-3/h6-7,10H,4-5,8-9,11,17H2,1-3H3. The number of hydrogen-bond acceptors (Lipinski definition) is 4. The minimum Gasteiger partial charge on any atom is -0.493 e. The van der Waals surface area contributed by atoms with E-state index >= 15 is 0 Å². The first-order valence-corrected chi connectivity index (χ1v) is 6.93. The number of ether oxygens (including phenoxy) is 2. The summed E-state index contributed by atoms with van der Waals surface area (Å²) in [5.41, 5.74) is 6.36. The molecule has 0 unspecified atom stereocenters. The van der Waals surface area contributed by atoms with Crippen molar-refractivity contribution < 1.29 is 9.47 Å². The van der Waals surface area contributed by atoms with Gasteiger partial charge in [-0.15, -0.1) is 0 Å². The van der Waals surface area contributed by atoms with Crippen molar-refractivity contribution in [3.63, 3.8) is 0 Å². The molecule has 110 valence electrons. The third kappa shape index (κ3) is 5.10. The number of nitrogens with two attached hydrogens (primary N) is 1. The van der Waals surface area contributed by atoms with Crippen molar-refractivity contribution in [2.75, 3.05) is 13.7 Å². The van der Waals surface area contributed by atoms with Crippen molar-refractivity contribution in [3.05, 3.63) is 23.8 Å². The molecule has 4 nitrogen and oxygen atoms in total. The van der Waals surface area contributed by atoms with Gasteiger partial charge >= 0.3 is 0 Å². The SMILES string of the molecule is COc1cc(CN)ccc1OCCCCC(C)(C)C#N. The summed E-state index contributed by atoms with van der Waals surface area (Å²) in [7, 11) is 1.62. The zero-order valence-corrected chi connectivity index (χ0v) is 12.6. The number of unbranched alkanes of at least 4 members (excludes halogenated alkanes) is 1. The molecule has 20 heavy (non-hydrogen) atoms. The Balaban J connectivity index is 2.41. The second-order valence-electron chi connectivity index (χ2n) is 5.49. The highest BCUT2D eigenvalue weighted by Crippen LogP contribution is 2.28. The largest absolute Gasteiger partial charge is 0.493 e. The van der Waals surface area contributed by atoms with Gasteiger partial charge in [0.05, 0.1) is 25.2 Å². The Bertz CT molecular complexity index is 464. The molecule has 0 aliphatic carbocycles. The minimum atomic E-state index is -0.250. The van der Waals surface area contributed by atoms with Crippen LogP contribution in [0, 0.1) is 16.7 Å². The molecule has 0 atom stereocenters. The molecule has 0 aromatic heterocycles. The van der Waals surface area contributed by atoms with Crippen LogP contribution < -0.4 is 15.2 Å². The second-order valence-corrected chi connectivity index (χ2v) is 5.49. The van der Waals surface area contributed by atoms with Crippen LogP contribution in [-0.4, -0.2) is 13.7 Å². The highest BCUT2D eigenvalue weighted by atomic mass is 16.5. The molecule has 0 saturated carbocycles. The summed E-state index contributed by atoms with van der Waals surface area (Å²) in [6, 6.07) is 8.04. The number of methoxy groups -OCH3 is 1. The van der Waals surface area contributed by atoms with Gasteiger partial charge < -0.3 is 15.2 Å². The Labute approximate surface area is 121 Å². The van der Waals surface area contributed by atoms with Crippen LogP contribution in [-0.2, 0) is 6.54 Å². The van der Waals surface area contributed by atoms with Crippen LogP contribution in [0.4, 0.5) is 0 Å². The first-order chi connectivity index (χ1) is 9.52. The molecule has 0 heterocycles. The molecule has 0 aliphatic heterocycles. The summed E-state index contributed by atoms with van der Waals surface area (Å²) in [6.45, 7) is 5.03. The summed E-state index contributed by atoms with van der Waals surface area (Å²) < 4.78 is 11.0. The van der Waals surface area contributed by atoms with Crippen LogP contribution in [0.2, 0.25) is 0 Å². The number of hydrogen-bond donors (Lipinski definition) is 1. The summed E-state index contributed by atoms with van der Waals surface area (Å²) in [6.07, 6.45) is 2.78. The Hall–Kier alpha value is -1.73. The molecule has 2 N–H and O–H groups in total. The van der Waals surface area contributed by atoms with Crippen molar-refractivity contribution >= 4 is 0 Å². The molecule has 1 aromatic rings. The first kappa shape index (κ1) is 16.3. The van der Waals surface area contributed by atoms with Gasteiger partial charge in [-0.05, 0) is 50.8 Å². The fraction of sp³-hybridized carbons (Fsp3) is 0.562. The quantitative estimate of drug-likeness (QED) is 0.740. The lowest BCUT2D eigenvalue weighted by molar-refractivity contribution is 0.278. The third-order valence-corrected chi connectivity index (χ3v) is 3.22. The highest BCUT2D eigenvalue weighted by molar-refractivity contribution is 5.42. The van der Waals surface area contributed by atoms with E-state index in [0.717, 1.165) is 30.6 Å². The molecule has 1 rings (SSSR count). The second kappa shape index (κ2) is 7.76. The third-order valence-electron chi connectivity index (χ3n) is 3.22. The van der Waals surface area contributed by atoms with Gasteiger partial charge in [0.15, 0.2) is 11.5 Å². The van der Waals surface area contributed by atoms with Gasteiger partial charge in [0, 0.05) is 6.54 Å². The summed E-state index contributed by atoms with van der Waals surface area (Å²) in [4.78, 5) is 0. The Kier molecular flexibility index (Phi) is 6.33. The Morgan fingerprint density at radius 1 is 1.25 bits per heavy atom. The monoisotopic (exact) mass is 276 g/mol. The predicted octanol–water partition coefficient (Wildman–Crippen LogP) is 3.25. The van der Waals surface area contributed by atoms with Crippen LogP contribution >= 0.6 is 0 Å². The smallest absolute Gasteiger partial charge is 0.161 e. The van der Waals surface area contributed by atoms with Crippen LogP contribution in [0.5, 0.6) is 11.5 Å². The van der Waals surface area contributed by atoms with Gasteiger partial charge in [0.1, 0.15) is 0 Å². The van der Waals surface area contributed by atoms with Gasteiger partial charge in [-0.25, -0.2) is 0 Å². The predicted molar refractivity (Wildman–Crippen MR) is 79.6 cm³/mol. The zero-order valence-electron chi connectivity index (χ0n) is 12.6. The minimum absolute atomic E-state index is 0.250. The van der Waals surface area contributed by atoms with E-state index in [2.05, 4.69) is 6.07 Å². The lowest BCUT2D eigenvalue weighted by Gasteiger charge is -2.15. The summed E-state index contributed by atoms with van der Waals surface area (Å²) in [5.74, 6) is 1.45. The van der Waals surface area contributed by atoms with E-state index in [9.17, 15) is 0 Å². The summed E-state index contributed by atoms with van der Waals surface area (Å²) in [5, 5.41) is 8.94. The molecule has 0 aliphatic rings. The lowest BCUT2D eigenvalue weighted by atomic mass is 9.89. The molecule has 1 aromatic carbocycles. The van der Waals surface area contributed by atoms with Gasteiger partial charge in [-0.1, -0.05) is 6.07 Å². The molecule has 0 amide bonds. The average molecular weight is 276 g/mol. The van der Waals surface area contributed by atoms with E-state index in [4.69, 9.17) is 20.5 Å². The molecule has 4 heteroatoms. The van der Waals surface area contributed by atoms with Crippen LogP contribution in [0.3, 0.4) is 0 Å². The molecule has 0 radical (unpaired) electrons. The molecule has 0 spiro atoms. The number of nitrogens with zero attached hydrogens (tertiary/aromatic N) is 1. The van der Waals surface area contributed by atoms with Crippen LogP contribution in [0.25, 0.3) is 0 Å². The molecular formula is C16H24N2O2. The van der Waals surface area contributed by atoms with Crippen molar-refractivity contribution in [2.45, 2.75) is 39.7 Å². The van der Waals surface area contributed by atoms with Gasteiger partial charge in [-0.3, -0.25) is 0 Å². The molecule has 0 bridgehead atoms. The van der Waals surface area contributed by atoms with Gasteiger partial charge in [0.2, 0.25) is 0 Å². The van der Waals surface area contributed by atoms with E-state index in [1.807, 2.05) is 32.0 Å². The Morgan fingerprint density at radius 2 is 2.00 bits per heavy atom. The van der Waals surface area contributed by atoms with E-state index in [-0.39, 0.29) is 5.41 Å². The average Bonchev–Trinajstić information content (AvgIpc) is 2.46. The molecule has 0 fully saturated rings. The maximum atomic E-state index is 8.94. The van der Waals surface area contributed by atoms with E-state index in [0.29, 0.717) is 18.9 Å². The summed E-state index contributed by atoms with van der Waals surface area (Å²) >= 11 is 0. The van der Waals surface area contributed by atoms with Crippen molar-refractivity contribution in [1.82, 2.24) is 0 Å². The van der Waals surface area contributed by atoms with E-state index < -0.39 is 0 Å². The molecule has 0 saturated heterocycles. The lowest BCUT2D eigenvalue weighted by Crippen LogP contribution is -2.08. The van der Waals surface area contributed by atoms with Gasteiger partial charge in [-0.2, -0.15) is 5.26 Å². The topological polar surface area (TPSA) is 68.3 Å². The van der Waals surface area contributed by atoms with Crippen molar-refractivity contribution in [2.24, 2.45) is 11.1 Å².